The van der Waals surface area contributed by atoms with E-state index in [9.17, 15) is 13.5 Å². The summed E-state index contributed by atoms with van der Waals surface area (Å²) in [7, 11) is -3.80. The van der Waals surface area contributed by atoms with Gasteiger partial charge in [-0.15, -0.1) is 0 Å². The minimum atomic E-state index is -3.80. The Bertz CT molecular complexity index is 486. The van der Waals surface area contributed by atoms with Gasteiger partial charge < -0.3 is 5.11 Å². The van der Waals surface area contributed by atoms with Crippen molar-refractivity contribution in [3.63, 3.8) is 0 Å². The van der Waals surface area contributed by atoms with E-state index in [4.69, 9.17) is 4.18 Å². The maximum atomic E-state index is 11.9. The summed E-state index contributed by atoms with van der Waals surface area (Å²) in [5, 5.41) is 9.96. The Morgan fingerprint density at radius 3 is 2.22 bits per heavy atom. The van der Waals surface area contributed by atoms with Gasteiger partial charge in [0.05, 0.1) is 17.1 Å². The van der Waals surface area contributed by atoms with E-state index < -0.39 is 15.7 Å². The minimum Gasteiger partial charge on any atom is -0.387 e. The van der Waals surface area contributed by atoms with Crippen LogP contribution in [0.15, 0.2) is 29.2 Å². The summed E-state index contributed by atoms with van der Waals surface area (Å²) in [6.45, 7) is 6.80. The fourth-order valence-corrected chi connectivity index (χ4v) is 2.14. The maximum Gasteiger partial charge on any atom is 0.297 e. The Kier molecular flexibility index (Phi) is 4.53. The van der Waals surface area contributed by atoms with E-state index in [0.717, 1.165) is 5.56 Å². The third-order valence-corrected chi connectivity index (χ3v) is 4.34. The van der Waals surface area contributed by atoms with Gasteiger partial charge >= 0.3 is 0 Å². The van der Waals surface area contributed by atoms with Gasteiger partial charge in [-0.05, 0) is 31.9 Å². The van der Waals surface area contributed by atoms with E-state index in [0.29, 0.717) is 0 Å². The number of aliphatic hydroxyl groups is 1. The van der Waals surface area contributed by atoms with E-state index in [-0.39, 0.29) is 17.4 Å². The van der Waals surface area contributed by atoms with Crippen LogP contribution < -0.4 is 0 Å². The zero-order valence-corrected chi connectivity index (χ0v) is 12.0. The summed E-state index contributed by atoms with van der Waals surface area (Å²) in [5.41, 5.74) is -0.194. The van der Waals surface area contributed by atoms with Gasteiger partial charge in [0.25, 0.3) is 10.1 Å². The standard InChI is InChI=1S/C13H20O4S/c1-10(2)13(4,14)9-17-18(15,16)12-7-5-11(3)6-8-12/h5-8,10,14H,9H2,1-4H3. The molecule has 0 radical (unpaired) electrons. The summed E-state index contributed by atoms with van der Waals surface area (Å²) in [4.78, 5) is 0.104. The molecule has 1 unspecified atom stereocenters. The zero-order chi connectivity index (χ0) is 14.0. The quantitative estimate of drug-likeness (QED) is 0.834. The predicted octanol–water partition coefficient (Wildman–Crippen LogP) is 2.11. The number of hydrogen-bond acceptors (Lipinski definition) is 4. The molecule has 1 atom stereocenters. The Balaban J connectivity index is 2.81. The monoisotopic (exact) mass is 272 g/mol. The molecular formula is C13H20O4S. The first-order valence-electron chi connectivity index (χ1n) is 5.83. The molecule has 102 valence electrons. The van der Waals surface area contributed by atoms with Crippen LogP contribution in [0.2, 0.25) is 0 Å². The lowest BCUT2D eigenvalue weighted by molar-refractivity contribution is -0.0249. The number of hydrogen-bond donors (Lipinski definition) is 1. The van der Waals surface area contributed by atoms with Crippen molar-refractivity contribution in [2.75, 3.05) is 6.61 Å². The molecule has 18 heavy (non-hydrogen) atoms. The summed E-state index contributed by atoms with van der Waals surface area (Å²) in [6, 6.07) is 6.40. The van der Waals surface area contributed by atoms with E-state index >= 15 is 0 Å². The molecule has 0 saturated carbocycles. The molecule has 0 aromatic heterocycles. The highest BCUT2D eigenvalue weighted by atomic mass is 32.2. The minimum absolute atomic E-state index is 0.0919. The molecule has 0 bridgehead atoms. The van der Waals surface area contributed by atoms with Gasteiger partial charge in [-0.2, -0.15) is 8.42 Å². The topological polar surface area (TPSA) is 63.6 Å². The first-order valence-corrected chi connectivity index (χ1v) is 7.24. The first kappa shape index (κ1) is 15.1. The number of benzene rings is 1. The smallest absolute Gasteiger partial charge is 0.297 e. The normalized spacial score (nSPS) is 15.7. The van der Waals surface area contributed by atoms with Crippen LogP contribution in [-0.2, 0) is 14.3 Å². The molecule has 1 aromatic rings. The van der Waals surface area contributed by atoms with E-state index in [1.54, 1.807) is 19.1 Å². The van der Waals surface area contributed by atoms with Crippen LogP contribution in [0.1, 0.15) is 26.3 Å². The molecular weight excluding hydrogens is 252 g/mol. The Morgan fingerprint density at radius 2 is 1.78 bits per heavy atom. The molecule has 1 rings (SSSR count). The maximum absolute atomic E-state index is 11.9. The summed E-state index contributed by atoms with van der Waals surface area (Å²) in [6.07, 6.45) is 0. The highest BCUT2D eigenvalue weighted by molar-refractivity contribution is 7.86. The van der Waals surface area contributed by atoms with Gasteiger partial charge in [0.1, 0.15) is 0 Å². The average Bonchev–Trinajstić information content (AvgIpc) is 2.27. The molecule has 0 saturated heterocycles. The molecule has 1 aromatic carbocycles. The van der Waals surface area contributed by atoms with Crippen LogP contribution in [0.3, 0.4) is 0 Å². The summed E-state index contributed by atoms with van der Waals surface area (Å²) in [5.74, 6) is -0.0919. The molecule has 0 heterocycles. The molecule has 4 nitrogen and oxygen atoms in total. The van der Waals surface area contributed by atoms with Crippen molar-refractivity contribution in [1.29, 1.82) is 0 Å². The first-order chi connectivity index (χ1) is 8.15. The van der Waals surface area contributed by atoms with Gasteiger partial charge in [-0.3, -0.25) is 4.18 Å². The van der Waals surface area contributed by atoms with Gasteiger partial charge in [-0.1, -0.05) is 31.5 Å². The van der Waals surface area contributed by atoms with Crippen LogP contribution in [0, 0.1) is 12.8 Å². The lowest BCUT2D eigenvalue weighted by atomic mass is 9.94. The van der Waals surface area contributed by atoms with Crippen molar-refractivity contribution in [2.45, 2.75) is 38.2 Å². The molecule has 0 aliphatic carbocycles. The third-order valence-electron chi connectivity index (χ3n) is 3.06. The molecule has 0 amide bonds. The summed E-state index contributed by atoms with van der Waals surface area (Å²) < 4.78 is 28.7. The Morgan fingerprint density at radius 1 is 1.28 bits per heavy atom. The molecule has 0 aliphatic rings. The van der Waals surface area contributed by atoms with Gasteiger partial charge in [0.15, 0.2) is 0 Å². The van der Waals surface area contributed by atoms with Crippen LogP contribution in [0.5, 0.6) is 0 Å². The van der Waals surface area contributed by atoms with Crippen molar-refractivity contribution < 1.29 is 17.7 Å². The average molecular weight is 272 g/mol. The lowest BCUT2D eigenvalue weighted by Crippen LogP contribution is -2.37. The largest absolute Gasteiger partial charge is 0.387 e. The van der Waals surface area contributed by atoms with E-state index in [1.165, 1.54) is 12.1 Å². The van der Waals surface area contributed by atoms with Crippen molar-refractivity contribution in [3.8, 4) is 0 Å². The van der Waals surface area contributed by atoms with Crippen molar-refractivity contribution in [3.05, 3.63) is 29.8 Å². The lowest BCUT2D eigenvalue weighted by Gasteiger charge is -2.26. The van der Waals surface area contributed by atoms with Crippen LogP contribution in [0.25, 0.3) is 0 Å². The number of rotatable bonds is 5. The molecule has 5 heteroatoms. The van der Waals surface area contributed by atoms with Crippen molar-refractivity contribution in [2.24, 2.45) is 5.92 Å². The highest BCUT2D eigenvalue weighted by Crippen LogP contribution is 2.20. The van der Waals surface area contributed by atoms with Crippen molar-refractivity contribution >= 4 is 10.1 Å². The van der Waals surface area contributed by atoms with Gasteiger partial charge in [-0.25, -0.2) is 0 Å². The number of aryl methyl sites for hydroxylation is 1. The Hall–Kier alpha value is -0.910. The van der Waals surface area contributed by atoms with E-state index in [1.807, 2.05) is 20.8 Å². The second kappa shape index (κ2) is 5.38. The van der Waals surface area contributed by atoms with E-state index in [2.05, 4.69) is 0 Å². The van der Waals surface area contributed by atoms with Crippen LogP contribution >= 0.6 is 0 Å². The second-order valence-corrected chi connectivity index (χ2v) is 6.66. The highest BCUT2D eigenvalue weighted by Gasteiger charge is 2.28. The van der Waals surface area contributed by atoms with Gasteiger partial charge in [0.2, 0.25) is 0 Å². The zero-order valence-electron chi connectivity index (χ0n) is 11.2. The SMILES string of the molecule is Cc1ccc(S(=O)(=O)OCC(C)(O)C(C)C)cc1. The predicted molar refractivity (Wildman–Crippen MR) is 69.8 cm³/mol. The van der Waals surface area contributed by atoms with Gasteiger partial charge in [0, 0.05) is 0 Å². The molecule has 1 N–H and O–H groups in total. The fourth-order valence-electron chi connectivity index (χ4n) is 1.14. The Labute approximate surface area is 109 Å². The molecule has 0 fully saturated rings. The molecule has 0 spiro atoms. The summed E-state index contributed by atoms with van der Waals surface area (Å²) >= 11 is 0. The van der Waals surface area contributed by atoms with Crippen molar-refractivity contribution in [1.82, 2.24) is 0 Å². The molecule has 0 aliphatic heterocycles. The van der Waals surface area contributed by atoms with Crippen LogP contribution in [-0.4, -0.2) is 25.7 Å². The van der Waals surface area contributed by atoms with Crippen LogP contribution in [0.4, 0.5) is 0 Å². The fraction of sp³-hybridized carbons (Fsp3) is 0.538. The second-order valence-electron chi connectivity index (χ2n) is 5.04. The third kappa shape index (κ3) is 3.80.